The van der Waals surface area contributed by atoms with E-state index in [0.29, 0.717) is 13.1 Å². The molecular formula is C24H32N2O3. The van der Waals surface area contributed by atoms with Crippen molar-refractivity contribution in [1.29, 1.82) is 0 Å². The summed E-state index contributed by atoms with van der Waals surface area (Å²) < 4.78 is 11.1. The van der Waals surface area contributed by atoms with E-state index in [1.807, 2.05) is 36.1 Å². The van der Waals surface area contributed by atoms with Crippen LogP contribution in [0.4, 0.5) is 5.69 Å². The van der Waals surface area contributed by atoms with Gasteiger partial charge in [0.15, 0.2) is 6.10 Å². The maximum Gasteiger partial charge on any atom is 0.263 e. The molecule has 0 bridgehead atoms. The molecule has 1 heterocycles. The molecule has 29 heavy (non-hydrogen) atoms. The molecule has 1 unspecified atom stereocenters. The Morgan fingerprint density at radius 2 is 1.45 bits per heavy atom. The third kappa shape index (κ3) is 5.22. The van der Waals surface area contributed by atoms with Crippen LogP contribution in [-0.4, -0.2) is 50.2 Å². The molecule has 0 saturated carbocycles. The van der Waals surface area contributed by atoms with Gasteiger partial charge in [0.25, 0.3) is 5.91 Å². The zero-order valence-corrected chi connectivity index (χ0v) is 18.1. The minimum absolute atomic E-state index is 0.0410. The molecule has 0 N–H and O–H groups in total. The lowest BCUT2D eigenvalue weighted by molar-refractivity contribution is -0.138. The van der Waals surface area contributed by atoms with Crippen LogP contribution >= 0.6 is 0 Å². The number of amides is 1. The summed E-state index contributed by atoms with van der Waals surface area (Å²) in [4.78, 5) is 17.0. The Labute approximate surface area is 174 Å². The summed E-state index contributed by atoms with van der Waals surface area (Å²) in [5.41, 5.74) is 2.50. The molecule has 0 aromatic heterocycles. The first kappa shape index (κ1) is 21.0. The normalized spacial score (nSPS) is 15.8. The highest BCUT2D eigenvalue weighted by Crippen LogP contribution is 2.25. The SMILES string of the molecule is COc1ccc(N2CCN(C(=O)C(C)Oc3ccc(C(C)(C)C)cc3)CC2)cc1. The Balaban J connectivity index is 1.53. The monoisotopic (exact) mass is 396 g/mol. The van der Waals surface area contributed by atoms with Gasteiger partial charge in [-0.1, -0.05) is 32.9 Å². The largest absolute Gasteiger partial charge is 0.497 e. The number of hydrogen-bond donors (Lipinski definition) is 0. The van der Waals surface area contributed by atoms with Gasteiger partial charge in [-0.3, -0.25) is 4.79 Å². The topological polar surface area (TPSA) is 42.0 Å². The fraction of sp³-hybridized carbons (Fsp3) is 0.458. The van der Waals surface area contributed by atoms with Crippen molar-refractivity contribution in [1.82, 2.24) is 4.90 Å². The van der Waals surface area contributed by atoms with Crippen LogP contribution in [0.15, 0.2) is 48.5 Å². The number of rotatable bonds is 5. The van der Waals surface area contributed by atoms with Gasteiger partial charge in [0.2, 0.25) is 0 Å². The van der Waals surface area contributed by atoms with Gasteiger partial charge in [-0.2, -0.15) is 0 Å². The Kier molecular flexibility index (Phi) is 6.36. The maximum atomic E-state index is 12.8. The third-order valence-corrected chi connectivity index (χ3v) is 5.41. The van der Waals surface area contributed by atoms with Gasteiger partial charge in [-0.25, -0.2) is 0 Å². The molecule has 0 radical (unpaired) electrons. The molecule has 1 saturated heterocycles. The summed E-state index contributed by atoms with van der Waals surface area (Å²) in [6.45, 7) is 11.4. The van der Waals surface area contributed by atoms with E-state index >= 15 is 0 Å². The molecule has 1 atom stereocenters. The van der Waals surface area contributed by atoms with Gasteiger partial charge in [0.1, 0.15) is 11.5 Å². The number of benzene rings is 2. The van der Waals surface area contributed by atoms with Crippen LogP contribution in [0.2, 0.25) is 0 Å². The summed E-state index contributed by atoms with van der Waals surface area (Å²) in [6, 6.07) is 16.1. The predicted molar refractivity (Wildman–Crippen MR) is 117 cm³/mol. The van der Waals surface area contributed by atoms with E-state index in [0.717, 1.165) is 30.3 Å². The molecule has 2 aromatic carbocycles. The molecule has 1 aliphatic rings. The molecule has 1 aliphatic heterocycles. The highest BCUT2D eigenvalue weighted by atomic mass is 16.5. The summed E-state index contributed by atoms with van der Waals surface area (Å²) >= 11 is 0. The second-order valence-electron chi connectivity index (χ2n) is 8.54. The van der Waals surface area contributed by atoms with Crippen LogP contribution in [0.1, 0.15) is 33.3 Å². The van der Waals surface area contributed by atoms with Crippen molar-refractivity contribution in [2.75, 3.05) is 38.2 Å². The van der Waals surface area contributed by atoms with Gasteiger partial charge in [0, 0.05) is 31.9 Å². The van der Waals surface area contributed by atoms with Gasteiger partial charge in [-0.15, -0.1) is 0 Å². The summed E-state index contributed by atoms with van der Waals surface area (Å²) in [5, 5.41) is 0. The highest BCUT2D eigenvalue weighted by Gasteiger charge is 2.26. The van der Waals surface area contributed by atoms with Crippen LogP contribution in [0.25, 0.3) is 0 Å². The predicted octanol–water partition coefficient (Wildman–Crippen LogP) is 4.11. The molecule has 156 valence electrons. The molecule has 5 nitrogen and oxygen atoms in total. The van der Waals surface area contributed by atoms with Crippen LogP contribution in [0, 0.1) is 0 Å². The van der Waals surface area contributed by atoms with Crippen molar-refractivity contribution < 1.29 is 14.3 Å². The van der Waals surface area contributed by atoms with E-state index in [2.05, 4.69) is 49.9 Å². The van der Waals surface area contributed by atoms with E-state index in [1.54, 1.807) is 7.11 Å². The third-order valence-electron chi connectivity index (χ3n) is 5.41. The molecule has 1 amide bonds. The number of ether oxygens (including phenoxy) is 2. The summed E-state index contributed by atoms with van der Waals surface area (Å²) in [7, 11) is 1.67. The van der Waals surface area contributed by atoms with Gasteiger partial charge in [0.05, 0.1) is 7.11 Å². The summed E-state index contributed by atoms with van der Waals surface area (Å²) in [6.07, 6.45) is -0.497. The lowest BCUT2D eigenvalue weighted by atomic mass is 9.87. The smallest absolute Gasteiger partial charge is 0.263 e. The number of anilines is 1. The molecular weight excluding hydrogens is 364 g/mol. The fourth-order valence-electron chi connectivity index (χ4n) is 3.52. The Morgan fingerprint density at radius 3 is 1.97 bits per heavy atom. The second-order valence-corrected chi connectivity index (χ2v) is 8.54. The number of nitrogens with zero attached hydrogens (tertiary/aromatic N) is 2. The molecule has 0 spiro atoms. The van der Waals surface area contributed by atoms with Gasteiger partial charge in [-0.05, 0) is 54.3 Å². The Morgan fingerprint density at radius 1 is 0.897 bits per heavy atom. The molecule has 3 rings (SSSR count). The first-order valence-electron chi connectivity index (χ1n) is 10.2. The van der Waals surface area contributed by atoms with Crippen molar-refractivity contribution >= 4 is 11.6 Å². The van der Waals surface area contributed by atoms with Crippen molar-refractivity contribution in [3.05, 3.63) is 54.1 Å². The molecule has 5 heteroatoms. The maximum absolute atomic E-state index is 12.8. The van der Waals surface area contributed by atoms with Gasteiger partial charge < -0.3 is 19.3 Å². The fourth-order valence-corrected chi connectivity index (χ4v) is 3.52. The molecule has 2 aromatic rings. The van der Waals surface area contributed by atoms with Gasteiger partial charge >= 0.3 is 0 Å². The molecule has 0 aliphatic carbocycles. The van der Waals surface area contributed by atoms with Crippen LogP contribution < -0.4 is 14.4 Å². The van der Waals surface area contributed by atoms with Crippen molar-refractivity contribution in [3.8, 4) is 11.5 Å². The van der Waals surface area contributed by atoms with E-state index in [9.17, 15) is 4.79 Å². The number of carbonyl (C=O) groups is 1. The standard InChI is InChI=1S/C24H32N2O3/c1-18(29-22-10-6-19(7-11-22)24(2,3)4)23(27)26-16-14-25(15-17-26)20-8-12-21(28-5)13-9-20/h6-13,18H,14-17H2,1-5H3. The number of carbonyl (C=O) groups excluding carboxylic acids is 1. The van der Waals surface area contributed by atoms with E-state index in [4.69, 9.17) is 9.47 Å². The van der Waals surface area contributed by atoms with E-state index in [1.165, 1.54) is 5.56 Å². The lowest BCUT2D eigenvalue weighted by Gasteiger charge is -2.37. The zero-order chi connectivity index (χ0) is 21.0. The van der Waals surface area contributed by atoms with Crippen LogP contribution in [0.3, 0.4) is 0 Å². The number of methoxy groups -OCH3 is 1. The Bertz CT molecular complexity index is 802. The van der Waals surface area contributed by atoms with Crippen molar-refractivity contribution in [2.24, 2.45) is 0 Å². The average molecular weight is 397 g/mol. The highest BCUT2D eigenvalue weighted by molar-refractivity contribution is 5.81. The summed E-state index contributed by atoms with van der Waals surface area (Å²) in [5.74, 6) is 1.62. The second kappa shape index (κ2) is 8.76. The minimum atomic E-state index is -0.497. The van der Waals surface area contributed by atoms with Crippen molar-refractivity contribution in [2.45, 2.75) is 39.2 Å². The first-order valence-corrected chi connectivity index (χ1v) is 10.2. The van der Waals surface area contributed by atoms with Crippen LogP contribution in [-0.2, 0) is 10.2 Å². The number of hydrogen-bond acceptors (Lipinski definition) is 4. The molecule has 1 fully saturated rings. The van der Waals surface area contributed by atoms with E-state index in [-0.39, 0.29) is 11.3 Å². The lowest BCUT2D eigenvalue weighted by Crippen LogP contribution is -2.52. The van der Waals surface area contributed by atoms with Crippen LogP contribution in [0.5, 0.6) is 11.5 Å². The average Bonchev–Trinajstić information content (AvgIpc) is 2.73. The van der Waals surface area contributed by atoms with Crippen molar-refractivity contribution in [3.63, 3.8) is 0 Å². The first-order chi connectivity index (χ1) is 13.8. The quantitative estimate of drug-likeness (QED) is 0.763. The van der Waals surface area contributed by atoms with E-state index < -0.39 is 6.10 Å². The number of piperazine rings is 1. The zero-order valence-electron chi connectivity index (χ0n) is 18.1. The minimum Gasteiger partial charge on any atom is -0.497 e. The Hall–Kier alpha value is -2.69.